The molecule has 0 saturated carbocycles. The fourth-order valence-corrected chi connectivity index (χ4v) is 4.63. The summed E-state index contributed by atoms with van der Waals surface area (Å²) < 4.78 is 5.84. The molecule has 1 amide bonds. The molecule has 7 nitrogen and oxygen atoms in total. The summed E-state index contributed by atoms with van der Waals surface area (Å²) >= 11 is 0. The number of amides is 1. The summed E-state index contributed by atoms with van der Waals surface area (Å²) in [5.41, 5.74) is 5.06. The molecule has 5 rings (SSSR count). The second-order valence-electron chi connectivity index (χ2n) is 8.18. The lowest BCUT2D eigenvalue weighted by molar-refractivity contribution is -0.00704. The van der Waals surface area contributed by atoms with Crippen LogP contribution in [0.4, 0.5) is 0 Å². The number of aromatic nitrogens is 3. The third-order valence-electron chi connectivity index (χ3n) is 6.16. The van der Waals surface area contributed by atoms with E-state index in [0.29, 0.717) is 5.69 Å². The Hall–Kier alpha value is -2.64. The van der Waals surface area contributed by atoms with Crippen molar-refractivity contribution in [2.24, 2.45) is 0 Å². The molecular weight excluding hydrogens is 366 g/mol. The molecule has 0 radical (unpaired) electrons. The summed E-state index contributed by atoms with van der Waals surface area (Å²) in [6, 6.07) is 8.52. The first-order valence-corrected chi connectivity index (χ1v) is 10.4. The van der Waals surface area contributed by atoms with E-state index in [1.807, 2.05) is 24.9 Å². The Morgan fingerprint density at radius 3 is 2.86 bits per heavy atom. The number of benzene rings is 1. The molecule has 1 aromatic carbocycles. The van der Waals surface area contributed by atoms with Crippen LogP contribution >= 0.6 is 0 Å². The van der Waals surface area contributed by atoms with E-state index in [9.17, 15) is 4.79 Å². The van der Waals surface area contributed by atoms with Gasteiger partial charge in [-0.3, -0.25) is 14.8 Å². The molecule has 0 aliphatic carbocycles. The van der Waals surface area contributed by atoms with Crippen LogP contribution in [-0.4, -0.2) is 63.2 Å². The molecule has 2 aliphatic rings. The molecule has 7 heteroatoms. The van der Waals surface area contributed by atoms with Crippen LogP contribution in [0.3, 0.4) is 0 Å². The first-order chi connectivity index (χ1) is 14.1. The van der Waals surface area contributed by atoms with Gasteiger partial charge in [0.1, 0.15) is 0 Å². The van der Waals surface area contributed by atoms with Crippen molar-refractivity contribution < 1.29 is 9.53 Å². The van der Waals surface area contributed by atoms with Crippen molar-refractivity contribution in [3.8, 4) is 0 Å². The fraction of sp³-hybridized carbons (Fsp3) is 0.455. The molecule has 1 saturated heterocycles. The second-order valence-corrected chi connectivity index (χ2v) is 8.18. The van der Waals surface area contributed by atoms with Gasteiger partial charge in [0.2, 0.25) is 0 Å². The van der Waals surface area contributed by atoms with Gasteiger partial charge < -0.3 is 14.6 Å². The highest BCUT2D eigenvalue weighted by molar-refractivity contribution is 5.94. The van der Waals surface area contributed by atoms with Crippen molar-refractivity contribution in [3.05, 3.63) is 53.0 Å². The van der Waals surface area contributed by atoms with Gasteiger partial charge in [0.25, 0.3) is 5.91 Å². The number of hydrogen-bond acceptors (Lipinski definition) is 4. The highest BCUT2D eigenvalue weighted by atomic mass is 16.5. The van der Waals surface area contributed by atoms with Crippen LogP contribution in [-0.2, 0) is 17.7 Å². The lowest BCUT2D eigenvalue weighted by Crippen LogP contribution is -2.48. The number of para-hydroxylation sites is 1. The normalized spacial score (nSPS) is 22.8. The average Bonchev–Trinajstić information content (AvgIpc) is 3.36. The van der Waals surface area contributed by atoms with E-state index in [0.717, 1.165) is 50.4 Å². The summed E-state index contributed by atoms with van der Waals surface area (Å²) in [6.45, 7) is 8.13. The van der Waals surface area contributed by atoms with Crippen molar-refractivity contribution in [1.29, 1.82) is 0 Å². The Morgan fingerprint density at radius 1 is 1.21 bits per heavy atom. The van der Waals surface area contributed by atoms with Crippen LogP contribution < -0.4 is 0 Å². The number of carbonyl (C=O) groups is 1. The van der Waals surface area contributed by atoms with Crippen LogP contribution in [0.5, 0.6) is 0 Å². The van der Waals surface area contributed by atoms with Gasteiger partial charge in [-0.25, -0.2) is 0 Å². The minimum absolute atomic E-state index is 0.0370. The predicted octanol–water partition coefficient (Wildman–Crippen LogP) is 2.87. The summed E-state index contributed by atoms with van der Waals surface area (Å²) in [5.74, 6) is 0.0370. The highest BCUT2D eigenvalue weighted by Gasteiger charge is 2.32. The van der Waals surface area contributed by atoms with E-state index in [-0.39, 0.29) is 18.1 Å². The molecule has 4 heterocycles. The standard InChI is InChI=1S/C22H27N5O2/c1-14-12-18-19(15(2)29-14)24-25-21(18)22(28)27-10-8-26(9-11-27)13-17-5-3-4-16-6-7-23-20(16)17/h3-7,14-15,23H,8-13H2,1-2H3,(H,24,25)/t14-,15+/m1/s1. The molecule has 152 valence electrons. The lowest BCUT2D eigenvalue weighted by atomic mass is 9.99. The monoisotopic (exact) mass is 393 g/mol. The molecule has 0 bridgehead atoms. The molecule has 2 atom stereocenters. The van der Waals surface area contributed by atoms with Crippen LogP contribution in [0.2, 0.25) is 0 Å². The smallest absolute Gasteiger partial charge is 0.274 e. The van der Waals surface area contributed by atoms with Gasteiger partial charge in [0, 0.05) is 56.4 Å². The van der Waals surface area contributed by atoms with E-state index in [2.05, 4.69) is 44.3 Å². The van der Waals surface area contributed by atoms with Crippen molar-refractivity contribution in [2.45, 2.75) is 39.0 Å². The third-order valence-corrected chi connectivity index (χ3v) is 6.16. The Morgan fingerprint density at radius 2 is 2.03 bits per heavy atom. The molecule has 2 N–H and O–H groups in total. The SMILES string of the molecule is C[C@@H]1Cc2c(C(=O)N3CCN(Cc4cccc5cc[nH]c45)CC3)n[nH]c2[C@H](C)O1. The van der Waals surface area contributed by atoms with Crippen LogP contribution in [0, 0.1) is 0 Å². The number of hydrogen-bond donors (Lipinski definition) is 2. The molecular formula is C22H27N5O2. The van der Waals surface area contributed by atoms with Crippen molar-refractivity contribution in [1.82, 2.24) is 25.0 Å². The van der Waals surface area contributed by atoms with E-state index >= 15 is 0 Å². The zero-order chi connectivity index (χ0) is 20.0. The fourth-order valence-electron chi connectivity index (χ4n) is 4.63. The van der Waals surface area contributed by atoms with Gasteiger partial charge >= 0.3 is 0 Å². The average molecular weight is 393 g/mol. The number of rotatable bonds is 3. The quantitative estimate of drug-likeness (QED) is 0.717. The maximum Gasteiger partial charge on any atom is 0.274 e. The molecule has 2 aromatic heterocycles. The Labute approximate surface area is 170 Å². The summed E-state index contributed by atoms with van der Waals surface area (Å²) in [4.78, 5) is 20.8. The lowest BCUT2D eigenvalue weighted by Gasteiger charge is -2.35. The zero-order valence-corrected chi connectivity index (χ0v) is 16.9. The van der Waals surface area contributed by atoms with Crippen LogP contribution in [0.25, 0.3) is 10.9 Å². The van der Waals surface area contributed by atoms with Gasteiger partial charge in [-0.05, 0) is 30.9 Å². The number of piperazine rings is 1. The Bertz CT molecular complexity index is 1030. The zero-order valence-electron chi connectivity index (χ0n) is 16.9. The molecule has 1 fully saturated rings. The Balaban J connectivity index is 1.25. The first kappa shape index (κ1) is 18.4. The van der Waals surface area contributed by atoms with Gasteiger partial charge in [0.05, 0.1) is 17.9 Å². The summed E-state index contributed by atoms with van der Waals surface area (Å²) in [7, 11) is 0. The molecule has 0 spiro atoms. The largest absolute Gasteiger partial charge is 0.369 e. The first-order valence-electron chi connectivity index (χ1n) is 10.4. The predicted molar refractivity (Wildman–Crippen MR) is 111 cm³/mol. The molecule has 2 aliphatic heterocycles. The highest BCUT2D eigenvalue weighted by Crippen LogP contribution is 2.30. The van der Waals surface area contributed by atoms with Crippen molar-refractivity contribution in [3.63, 3.8) is 0 Å². The van der Waals surface area contributed by atoms with E-state index in [1.54, 1.807) is 0 Å². The van der Waals surface area contributed by atoms with Gasteiger partial charge in [0.15, 0.2) is 5.69 Å². The number of H-pyrrole nitrogens is 2. The number of carbonyl (C=O) groups excluding carboxylic acids is 1. The second kappa shape index (κ2) is 7.31. The Kier molecular flexibility index (Phi) is 4.64. The number of ether oxygens (including phenoxy) is 1. The maximum atomic E-state index is 13.1. The number of aromatic amines is 2. The molecule has 29 heavy (non-hydrogen) atoms. The van der Waals surface area contributed by atoms with E-state index in [1.165, 1.54) is 16.5 Å². The van der Waals surface area contributed by atoms with Crippen molar-refractivity contribution >= 4 is 16.8 Å². The number of nitrogens with one attached hydrogen (secondary N) is 2. The minimum Gasteiger partial charge on any atom is -0.369 e. The van der Waals surface area contributed by atoms with E-state index in [4.69, 9.17) is 4.74 Å². The third kappa shape index (κ3) is 3.34. The molecule has 3 aromatic rings. The minimum atomic E-state index is -0.0460. The van der Waals surface area contributed by atoms with Gasteiger partial charge in [-0.15, -0.1) is 0 Å². The van der Waals surface area contributed by atoms with E-state index < -0.39 is 0 Å². The molecule has 0 unspecified atom stereocenters. The maximum absolute atomic E-state index is 13.1. The summed E-state index contributed by atoms with van der Waals surface area (Å²) in [6.07, 6.45) is 2.78. The van der Waals surface area contributed by atoms with Crippen LogP contribution in [0.1, 0.15) is 47.3 Å². The number of nitrogens with zero attached hydrogens (tertiary/aromatic N) is 3. The van der Waals surface area contributed by atoms with Crippen LogP contribution in [0.15, 0.2) is 30.5 Å². The topological polar surface area (TPSA) is 77.3 Å². The summed E-state index contributed by atoms with van der Waals surface area (Å²) in [5, 5.41) is 8.64. The number of fused-ring (bicyclic) bond motifs is 2. The van der Waals surface area contributed by atoms with Crippen molar-refractivity contribution in [2.75, 3.05) is 26.2 Å². The van der Waals surface area contributed by atoms with Gasteiger partial charge in [-0.1, -0.05) is 18.2 Å². The van der Waals surface area contributed by atoms with Gasteiger partial charge in [-0.2, -0.15) is 5.10 Å².